The molecule has 0 bridgehead atoms. The van der Waals surface area contributed by atoms with Gasteiger partial charge in [-0.15, -0.1) is 12.6 Å². The normalized spacial score (nSPS) is 10.7. The number of nitrogens with one attached hydrogen (secondary N) is 1. The van der Waals surface area contributed by atoms with Gasteiger partial charge in [-0.1, -0.05) is 11.6 Å². The van der Waals surface area contributed by atoms with Crippen LogP contribution in [0.2, 0.25) is 5.02 Å². The van der Waals surface area contributed by atoms with E-state index >= 15 is 0 Å². The zero-order valence-electron chi connectivity index (χ0n) is 5.50. The zero-order chi connectivity index (χ0) is 7.84. The average Bonchev–Trinajstić information content (AvgIpc) is 2.45. The number of H-pyrrole nitrogens is 1. The Morgan fingerprint density at radius 3 is 3.09 bits per heavy atom. The minimum Gasteiger partial charge on any atom is -0.278 e. The number of nitrogens with zero attached hydrogens (tertiary/aromatic N) is 1. The van der Waals surface area contributed by atoms with Gasteiger partial charge in [0.1, 0.15) is 0 Å². The van der Waals surface area contributed by atoms with Crippen LogP contribution in [0.25, 0.3) is 10.9 Å². The van der Waals surface area contributed by atoms with Crippen LogP contribution in [0.3, 0.4) is 0 Å². The Kier molecular flexibility index (Phi) is 1.55. The molecule has 0 amide bonds. The summed E-state index contributed by atoms with van der Waals surface area (Å²) in [6.45, 7) is 0. The predicted molar refractivity (Wildman–Crippen MR) is 48.4 cm³/mol. The summed E-state index contributed by atoms with van der Waals surface area (Å²) in [6, 6.07) is 3.74. The lowest BCUT2D eigenvalue weighted by Crippen LogP contribution is -1.71. The number of hydrogen-bond donors (Lipinski definition) is 2. The first-order valence-electron chi connectivity index (χ1n) is 3.09. The fourth-order valence-corrected chi connectivity index (χ4v) is 1.38. The molecule has 0 radical (unpaired) electrons. The molecular weight excluding hydrogens is 180 g/mol. The van der Waals surface area contributed by atoms with Crippen molar-refractivity contribution in [1.82, 2.24) is 10.2 Å². The van der Waals surface area contributed by atoms with Crippen LogP contribution in [0.15, 0.2) is 23.2 Å². The van der Waals surface area contributed by atoms with Gasteiger partial charge >= 0.3 is 0 Å². The Balaban J connectivity index is 2.93. The third-order valence-electron chi connectivity index (χ3n) is 1.54. The first-order valence-corrected chi connectivity index (χ1v) is 3.92. The summed E-state index contributed by atoms with van der Waals surface area (Å²) in [7, 11) is 0. The number of aromatic nitrogens is 2. The molecule has 0 atom stereocenters. The van der Waals surface area contributed by atoms with E-state index in [2.05, 4.69) is 22.8 Å². The molecule has 1 aromatic carbocycles. The molecule has 0 aliphatic carbocycles. The van der Waals surface area contributed by atoms with Gasteiger partial charge in [0.25, 0.3) is 0 Å². The van der Waals surface area contributed by atoms with Gasteiger partial charge < -0.3 is 0 Å². The molecule has 2 aromatic rings. The number of rotatable bonds is 0. The standard InChI is InChI=1S/C7H5ClN2S/c8-7-4-3-9-10-5(4)1-2-6(7)11/h1-3,11H,(H,9,10). The topological polar surface area (TPSA) is 28.7 Å². The predicted octanol–water partition coefficient (Wildman–Crippen LogP) is 2.50. The summed E-state index contributed by atoms with van der Waals surface area (Å²) >= 11 is 10.1. The summed E-state index contributed by atoms with van der Waals surface area (Å²) < 4.78 is 0. The Bertz CT molecular complexity index is 396. The summed E-state index contributed by atoms with van der Waals surface area (Å²) in [5.74, 6) is 0. The molecule has 0 spiro atoms. The number of hydrogen-bond acceptors (Lipinski definition) is 2. The first-order chi connectivity index (χ1) is 5.29. The van der Waals surface area contributed by atoms with Crippen LogP contribution >= 0.6 is 24.2 Å². The highest BCUT2D eigenvalue weighted by Gasteiger charge is 2.02. The van der Waals surface area contributed by atoms with E-state index in [1.807, 2.05) is 12.1 Å². The Hall–Kier alpha value is -0.670. The van der Waals surface area contributed by atoms with Gasteiger partial charge in [0.2, 0.25) is 0 Å². The number of thiol groups is 1. The van der Waals surface area contributed by atoms with Crippen LogP contribution in [-0.4, -0.2) is 10.2 Å². The monoisotopic (exact) mass is 184 g/mol. The van der Waals surface area contributed by atoms with E-state index in [9.17, 15) is 0 Å². The molecule has 0 saturated heterocycles. The quantitative estimate of drug-likeness (QED) is 0.606. The second-order valence-corrected chi connectivity index (χ2v) is 3.09. The van der Waals surface area contributed by atoms with Crippen LogP contribution in [-0.2, 0) is 0 Å². The van der Waals surface area contributed by atoms with Gasteiger partial charge in [0, 0.05) is 10.3 Å². The molecule has 11 heavy (non-hydrogen) atoms. The Labute approximate surface area is 74.0 Å². The fraction of sp³-hybridized carbons (Fsp3) is 0. The minimum absolute atomic E-state index is 0.652. The van der Waals surface area contributed by atoms with Crippen molar-refractivity contribution in [2.45, 2.75) is 4.90 Å². The van der Waals surface area contributed by atoms with Crippen LogP contribution < -0.4 is 0 Å². The fourth-order valence-electron chi connectivity index (χ4n) is 0.971. The Morgan fingerprint density at radius 2 is 2.27 bits per heavy atom. The number of fused-ring (bicyclic) bond motifs is 1. The molecule has 0 aliphatic heterocycles. The molecule has 0 aliphatic rings. The average molecular weight is 185 g/mol. The molecule has 4 heteroatoms. The lowest BCUT2D eigenvalue weighted by Gasteiger charge is -1.95. The smallest absolute Gasteiger partial charge is 0.0666 e. The SMILES string of the molecule is Sc1ccc2[nH]ncc2c1Cl. The third-order valence-corrected chi connectivity index (χ3v) is 2.45. The Morgan fingerprint density at radius 1 is 1.45 bits per heavy atom. The van der Waals surface area contributed by atoms with Crippen molar-refractivity contribution in [3.05, 3.63) is 23.4 Å². The maximum absolute atomic E-state index is 5.93. The van der Waals surface area contributed by atoms with E-state index in [1.165, 1.54) is 0 Å². The summed E-state index contributed by atoms with van der Waals surface area (Å²) in [5.41, 5.74) is 0.938. The summed E-state index contributed by atoms with van der Waals surface area (Å²) in [4.78, 5) is 0.778. The van der Waals surface area contributed by atoms with Crippen molar-refractivity contribution in [2.75, 3.05) is 0 Å². The number of halogens is 1. The van der Waals surface area contributed by atoms with Crippen LogP contribution in [0, 0.1) is 0 Å². The van der Waals surface area contributed by atoms with Crippen LogP contribution in [0.5, 0.6) is 0 Å². The molecule has 2 nitrogen and oxygen atoms in total. The maximum atomic E-state index is 5.93. The lowest BCUT2D eigenvalue weighted by molar-refractivity contribution is 1.12. The van der Waals surface area contributed by atoms with Crippen LogP contribution in [0.1, 0.15) is 0 Å². The summed E-state index contributed by atoms with van der Waals surface area (Å²) in [6.07, 6.45) is 1.69. The van der Waals surface area contributed by atoms with E-state index in [1.54, 1.807) is 6.20 Å². The highest BCUT2D eigenvalue weighted by atomic mass is 35.5. The van der Waals surface area contributed by atoms with E-state index in [0.717, 1.165) is 15.8 Å². The molecular formula is C7H5ClN2S. The van der Waals surface area contributed by atoms with Gasteiger partial charge in [0.15, 0.2) is 0 Å². The van der Waals surface area contributed by atoms with Crippen molar-refractivity contribution in [3.63, 3.8) is 0 Å². The van der Waals surface area contributed by atoms with E-state index < -0.39 is 0 Å². The molecule has 0 saturated carbocycles. The number of aromatic amines is 1. The first kappa shape index (κ1) is 7.00. The maximum Gasteiger partial charge on any atom is 0.0666 e. The molecule has 0 fully saturated rings. The van der Waals surface area contributed by atoms with Crippen molar-refractivity contribution in [3.8, 4) is 0 Å². The van der Waals surface area contributed by atoms with Gasteiger partial charge in [-0.3, -0.25) is 5.10 Å². The van der Waals surface area contributed by atoms with Gasteiger partial charge in [-0.2, -0.15) is 5.10 Å². The minimum atomic E-state index is 0.652. The highest BCUT2D eigenvalue weighted by molar-refractivity contribution is 7.80. The highest BCUT2D eigenvalue weighted by Crippen LogP contribution is 2.27. The van der Waals surface area contributed by atoms with Crippen molar-refractivity contribution in [1.29, 1.82) is 0 Å². The number of benzene rings is 1. The molecule has 2 rings (SSSR count). The van der Waals surface area contributed by atoms with Crippen LogP contribution in [0.4, 0.5) is 0 Å². The third kappa shape index (κ3) is 1.01. The lowest BCUT2D eigenvalue weighted by atomic mass is 10.2. The van der Waals surface area contributed by atoms with E-state index in [0.29, 0.717) is 5.02 Å². The van der Waals surface area contributed by atoms with Crippen molar-refractivity contribution < 1.29 is 0 Å². The molecule has 1 heterocycles. The second-order valence-electron chi connectivity index (χ2n) is 2.23. The van der Waals surface area contributed by atoms with E-state index in [4.69, 9.17) is 11.6 Å². The largest absolute Gasteiger partial charge is 0.278 e. The zero-order valence-corrected chi connectivity index (χ0v) is 7.15. The summed E-state index contributed by atoms with van der Waals surface area (Å²) in [5, 5.41) is 8.25. The van der Waals surface area contributed by atoms with Gasteiger partial charge in [-0.25, -0.2) is 0 Å². The van der Waals surface area contributed by atoms with Gasteiger partial charge in [-0.05, 0) is 12.1 Å². The van der Waals surface area contributed by atoms with Crippen molar-refractivity contribution >= 4 is 35.1 Å². The van der Waals surface area contributed by atoms with Crippen molar-refractivity contribution in [2.24, 2.45) is 0 Å². The molecule has 1 N–H and O–H groups in total. The molecule has 56 valence electrons. The van der Waals surface area contributed by atoms with E-state index in [-0.39, 0.29) is 0 Å². The second kappa shape index (κ2) is 2.43. The molecule has 0 unspecified atom stereocenters. The molecule has 1 aromatic heterocycles. The van der Waals surface area contributed by atoms with Gasteiger partial charge in [0.05, 0.1) is 16.7 Å².